The molecule has 3 fully saturated rings. The highest BCUT2D eigenvalue weighted by molar-refractivity contribution is 5.06. The molecule has 3 saturated carbocycles. The first-order valence-corrected chi connectivity index (χ1v) is 8.03. The molecular formula is C16H25N3. The summed E-state index contributed by atoms with van der Waals surface area (Å²) in [7, 11) is 2.04. The predicted octanol–water partition coefficient (Wildman–Crippen LogP) is 2.38. The maximum Gasteiger partial charge on any atom is 0.0492 e. The SMILES string of the molecule is Cn1nccc1CCNC1CC2CC1C1CCCC21. The fraction of sp³-hybridized carbons (Fsp3) is 0.812. The monoisotopic (exact) mass is 259 g/mol. The Morgan fingerprint density at radius 1 is 1.26 bits per heavy atom. The van der Waals surface area contributed by atoms with Gasteiger partial charge in [0.15, 0.2) is 0 Å². The molecule has 5 unspecified atom stereocenters. The van der Waals surface area contributed by atoms with Crippen molar-refractivity contribution >= 4 is 0 Å². The van der Waals surface area contributed by atoms with Gasteiger partial charge in [-0.25, -0.2) is 0 Å². The van der Waals surface area contributed by atoms with Crippen molar-refractivity contribution in [3.63, 3.8) is 0 Å². The van der Waals surface area contributed by atoms with Crippen molar-refractivity contribution in [1.82, 2.24) is 15.1 Å². The van der Waals surface area contributed by atoms with E-state index in [9.17, 15) is 0 Å². The molecule has 1 heterocycles. The first kappa shape index (κ1) is 12.0. The lowest BCUT2D eigenvalue weighted by atomic mass is 9.79. The summed E-state index contributed by atoms with van der Waals surface area (Å²) in [4.78, 5) is 0. The first-order chi connectivity index (χ1) is 9.33. The summed E-state index contributed by atoms with van der Waals surface area (Å²) in [6.45, 7) is 1.12. The van der Waals surface area contributed by atoms with Gasteiger partial charge in [0.25, 0.3) is 0 Å². The van der Waals surface area contributed by atoms with Gasteiger partial charge in [-0.15, -0.1) is 0 Å². The first-order valence-electron chi connectivity index (χ1n) is 8.03. The van der Waals surface area contributed by atoms with Crippen molar-refractivity contribution in [2.45, 2.75) is 44.6 Å². The van der Waals surface area contributed by atoms with Crippen molar-refractivity contribution in [1.29, 1.82) is 0 Å². The van der Waals surface area contributed by atoms with Crippen LogP contribution in [-0.2, 0) is 13.5 Å². The molecule has 0 aliphatic heterocycles. The van der Waals surface area contributed by atoms with Gasteiger partial charge in [0.2, 0.25) is 0 Å². The molecule has 0 amide bonds. The van der Waals surface area contributed by atoms with E-state index in [0.717, 1.165) is 42.7 Å². The minimum Gasteiger partial charge on any atom is -0.313 e. The molecule has 3 aliphatic carbocycles. The third-order valence-electron chi connectivity index (χ3n) is 6.14. The summed E-state index contributed by atoms with van der Waals surface area (Å²) in [5, 5.41) is 8.09. The second-order valence-electron chi connectivity index (χ2n) is 6.91. The molecule has 3 aliphatic rings. The molecule has 4 rings (SSSR count). The van der Waals surface area contributed by atoms with Crippen molar-refractivity contribution in [2.24, 2.45) is 30.7 Å². The lowest BCUT2D eigenvalue weighted by molar-refractivity contribution is 0.209. The molecule has 104 valence electrons. The zero-order valence-corrected chi connectivity index (χ0v) is 11.9. The summed E-state index contributed by atoms with van der Waals surface area (Å²) in [6, 6.07) is 2.95. The molecule has 0 aromatic carbocycles. The molecule has 1 N–H and O–H groups in total. The second kappa shape index (κ2) is 4.62. The van der Waals surface area contributed by atoms with Crippen LogP contribution in [0, 0.1) is 23.7 Å². The third-order valence-corrected chi connectivity index (χ3v) is 6.14. The van der Waals surface area contributed by atoms with Gasteiger partial charge >= 0.3 is 0 Å². The van der Waals surface area contributed by atoms with Crippen LogP contribution in [0.3, 0.4) is 0 Å². The zero-order chi connectivity index (χ0) is 12.8. The Morgan fingerprint density at radius 3 is 3.00 bits per heavy atom. The topological polar surface area (TPSA) is 29.9 Å². The van der Waals surface area contributed by atoms with Crippen LogP contribution in [-0.4, -0.2) is 22.4 Å². The van der Waals surface area contributed by atoms with Crippen molar-refractivity contribution in [2.75, 3.05) is 6.54 Å². The molecule has 3 heteroatoms. The van der Waals surface area contributed by atoms with Gasteiger partial charge in [0, 0.05) is 37.9 Å². The van der Waals surface area contributed by atoms with E-state index < -0.39 is 0 Å². The van der Waals surface area contributed by atoms with Crippen LogP contribution in [0.5, 0.6) is 0 Å². The van der Waals surface area contributed by atoms with Gasteiger partial charge < -0.3 is 5.32 Å². The summed E-state index contributed by atoms with van der Waals surface area (Å²) >= 11 is 0. The maximum absolute atomic E-state index is 4.24. The van der Waals surface area contributed by atoms with Crippen molar-refractivity contribution in [3.05, 3.63) is 18.0 Å². The largest absolute Gasteiger partial charge is 0.313 e. The fourth-order valence-corrected chi connectivity index (χ4v) is 5.33. The molecule has 5 atom stereocenters. The molecule has 1 aromatic rings. The Balaban J connectivity index is 1.32. The van der Waals surface area contributed by atoms with Gasteiger partial charge in [0.05, 0.1) is 0 Å². The Hall–Kier alpha value is -0.830. The van der Waals surface area contributed by atoms with Gasteiger partial charge in [-0.1, -0.05) is 6.42 Å². The van der Waals surface area contributed by atoms with E-state index in [1.54, 1.807) is 0 Å². The van der Waals surface area contributed by atoms with Gasteiger partial charge in [-0.05, 0) is 55.4 Å². The number of nitrogens with zero attached hydrogens (tertiary/aromatic N) is 2. The Labute approximate surface area is 115 Å². The highest BCUT2D eigenvalue weighted by Crippen LogP contribution is 2.58. The fourth-order valence-electron chi connectivity index (χ4n) is 5.33. The highest BCUT2D eigenvalue weighted by atomic mass is 15.3. The summed E-state index contributed by atoms with van der Waals surface area (Å²) in [5.41, 5.74) is 1.34. The molecule has 0 spiro atoms. The van der Waals surface area contributed by atoms with Crippen LogP contribution in [0.4, 0.5) is 0 Å². The normalized spacial score (nSPS) is 39.9. The number of rotatable bonds is 4. The van der Waals surface area contributed by atoms with Gasteiger partial charge in [-0.2, -0.15) is 5.10 Å². The second-order valence-corrected chi connectivity index (χ2v) is 6.91. The highest BCUT2D eigenvalue weighted by Gasteiger charge is 2.53. The van der Waals surface area contributed by atoms with E-state index in [0.29, 0.717) is 0 Å². The van der Waals surface area contributed by atoms with E-state index in [-0.39, 0.29) is 0 Å². The number of aromatic nitrogens is 2. The van der Waals surface area contributed by atoms with Crippen LogP contribution in [0.2, 0.25) is 0 Å². The van der Waals surface area contributed by atoms with Crippen LogP contribution in [0.1, 0.15) is 37.8 Å². The van der Waals surface area contributed by atoms with Crippen LogP contribution >= 0.6 is 0 Å². The molecule has 19 heavy (non-hydrogen) atoms. The molecule has 0 radical (unpaired) electrons. The zero-order valence-electron chi connectivity index (χ0n) is 11.9. The average molecular weight is 259 g/mol. The van der Waals surface area contributed by atoms with Crippen LogP contribution in [0.15, 0.2) is 12.3 Å². The summed E-state index contributed by atoms with van der Waals surface area (Å²) in [5.74, 6) is 4.25. The van der Waals surface area contributed by atoms with Gasteiger partial charge in [0.1, 0.15) is 0 Å². The Kier molecular flexibility index (Phi) is 2.91. The van der Waals surface area contributed by atoms with Crippen LogP contribution < -0.4 is 5.32 Å². The van der Waals surface area contributed by atoms with Gasteiger partial charge in [-0.3, -0.25) is 4.68 Å². The Morgan fingerprint density at radius 2 is 2.16 bits per heavy atom. The lowest BCUT2D eigenvalue weighted by Crippen LogP contribution is -2.40. The molecule has 0 saturated heterocycles. The molecule has 2 bridgehead atoms. The number of aryl methyl sites for hydroxylation is 1. The number of hydrogen-bond donors (Lipinski definition) is 1. The van der Waals surface area contributed by atoms with Crippen molar-refractivity contribution < 1.29 is 0 Å². The smallest absolute Gasteiger partial charge is 0.0492 e. The predicted molar refractivity (Wildman–Crippen MR) is 75.7 cm³/mol. The third kappa shape index (κ3) is 1.94. The quantitative estimate of drug-likeness (QED) is 0.899. The number of fused-ring (bicyclic) bond motifs is 5. The van der Waals surface area contributed by atoms with E-state index in [1.165, 1.54) is 37.8 Å². The van der Waals surface area contributed by atoms with E-state index in [1.807, 2.05) is 17.9 Å². The average Bonchev–Trinajstić information content (AvgIpc) is 3.11. The lowest BCUT2D eigenvalue weighted by Gasteiger charge is -2.32. The van der Waals surface area contributed by atoms with E-state index in [4.69, 9.17) is 0 Å². The standard InChI is InChI=1S/C16H25N3/c1-19-12(6-8-18-19)5-7-17-16-10-11-9-15(16)14-4-2-3-13(11)14/h6,8,11,13-17H,2-5,7,9-10H2,1H3. The number of hydrogen-bond acceptors (Lipinski definition) is 2. The Bertz CT molecular complexity index is 453. The molecular weight excluding hydrogens is 234 g/mol. The van der Waals surface area contributed by atoms with E-state index in [2.05, 4.69) is 16.5 Å². The van der Waals surface area contributed by atoms with Crippen molar-refractivity contribution in [3.8, 4) is 0 Å². The molecule has 3 nitrogen and oxygen atoms in total. The summed E-state index contributed by atoms with van der Waals surface area (Å²) in [6.07, 6.45) is 10.5. The minimum absolute atomic E-state index is 0.817. The van der Waals surface area contributed by atoms with E-state index >= 15 is 0 Å². The molecule has 1 aromatic heterocycles. The minimum atomic E-state index is 0.817. The number of nitrogens with one attached hydrogen (secondary N) is 1. The summed E-state index contributed by atoms with van der Waals surface area (Å²) < 4.78 is 2.00. The van der Waals surface area contributed by atoms with Crippen LogP contribution in [0.25, 0.3) is 0 Å². The maximum atomic E-state index is 4.24.